The Bertz CT molecular complexity index is 341. The maximum absolute atomic E-state index is 5.63. The second-order valence-corrected chi connectivity index (χ2v) is 3.61. The molecule has 82 valence electrons. The molecule has 4 heteroatoms. The van der Waals surface area contributed by atoms with E-state index in [1.165, 1.54) is 0 Å². The van der Waals surface area contributed by atoms with E-state index in [0.717, 1.165) is 36.5 Å². The van der Waals surface area contributed by atoms with E-state index in [1.807, 2.05) is 18.2 Å². The lowest BCUT2D eigenvalue weighted by molar-refractivity contribution is 0.314. The van der Waals surface area contributed by atoms with Crippen LogP contribution in [-0.4, -0.2) is 13.7 Å². The molecule has 1 aliphatic heterocycles. The summed E-state index contributed by atoms with van der Waals surface area (Å²) < 4.78 is 10.8. The summed E-state index contributed by atoms with van der Waals surface area (Å²) in [6.45, 7) is 0.748. The van der Waals surface area contributed by atoms with Crippen LogP contribution in [0.5, 0.6) is 11.5 Å². The van der Waals surface area contributed by atoms with Crippen LogP contribution < -0.4 is 20.7 Å². The zero-order valence-corrected chi connectivity index (χ0v) is 8.82. The van der Waals surface area contributed by atoms with Crippen LogP contribution >= 0.6 is 0 Å². The fraction of sp³-hybridized carbons (Fsp3) is 0.455. The summed E-state index contributed by atoms with van der Waals surface area (Å²) in [7, 11) is 1.66. The minimum atomic E-state index is 0.151. The zero-order chi connectivity index (χ0) is 10.7. The largest absolute Gasteiger partial charge is 0.497 e. The van der Waals surface area contributed by atoms with Gasteiger partial charge >= 0.3 is 0 Å². The summed E-state index contributed by atoms with van der Waals surface area (Å²) in [6.07, 6.45) is 1.99. The Morgan fingerprint density at radius 1 is 1.53 bits per heavy atom. The number of hydrogen-bond acceptors (Lipinski definition) is 4. The van der Waals surface area contributed by atoms with E-state index in [4.69, 9.17) is 15.3 Å². The van der Waals surface area contributed by atoms with E-state index in [-0.39, 0.29) is 6.04 Å². The van der Waals surface area contributed by atoms with E-state index >= 15 is 0 Å². The van der Waals surface area contributed by atoms with Crippen LogP contribution in [0.25, 0.3) is 0 Å². The average molecular weight is 208 g/mol. The standard InChI is InChI=1S/C11H16N2O2/c1-14-8-4-5-11-9(7-8)10(13-12)3-2-6-15-11/h4-5,7,10,13H,2-3,6,12H2,1H3. The van der Waals surface area contributed by atoms with Gasteiger partial charge < -0.3 is 9.47 Å². The highest BCUT2D eigenvalue weighted by atomic mass is 16.5. The minimum absolute atomic E-state index is 0.151. The van der Waals surface area contributed by atoms with E-state index in [0.29, 0.717) is 0 Å². The Kier molecular flexibility index (Phi) is 3.08. The molecule has 1 heterocycles. The van der Waals surface area contributed by atoms with Gasteiger partial charge in [0.05, 0.1) is 13.7 Å². The van der Waals surface area contributed by atoms with Gasteiger partial charge in [0.15, 0.2) is 0 Å². The van der Waals surface area contributed by atoms with Crippen LogP contribution in [0.3, 0.4) is 0 Å². The first-order valence-corrected chi connectivity index (χ1v) is 5.12. The summed E-state index contributed by atoms with van der Waals surface area (Å²) in [5, 5.41) is 0. The Morgan fingerprint density at radius 3 is 3.13 bits per heavy atom. The summed E-state index contributed by atoms with van der Waals surface area (Å²) in [4.78, 5) is 0. The highest BCUT2D eigenvalue weighted by Crippen LogP contribution is 2.33. The third kappa shape index (κ3) is 2.06. The van der Waals surface area contributed by atoms with Crippen molar-refractivity contribution in [2.45, 2.75) is 18.9 Å². The van der Waals surface area contributed by atoms with Crippen molar-refractivity contribution in [2.75, 3.05) is 13.7 Å². The summed E-state index contributed by atoms with van der Waals surface area (Å²) in [5.74, 6) is 7.26. The molecule has 0 saturated heterocycles. The van der Waals surface area contributed by atoms with Crippen LogP contribution in [0.4, 0.5) is 0 Å². The SMILES string of the molecule is COc1ccc2c(c1)C(NN)CCCO2. The Labute approximate surface area is 89.3 Å². The molecule has 0 aromatic heterocycles. The molecule has 0 bridgehead atoms. The van der Waals surface area contributed by atoms with Crippen molar-refractivity contribution in [3.63, 3.8) is 0 Å². The van der Waals surface area contributed by atoms with Crippen LogP contribution in [0, 0.1) is 0 Å². The van der Waals surface area contributed by atoms with Crippen molar-refractivity contribution in [1.29, 1.82) is 0 Å². The molecule has 3 N–H and O–H groups in total. The normalized spacial score (nSPS) is 20.0. The summed E-state index contributed by atoms with van der Waals surface area (Å²) in [6, 6.07) is 5.96. The number of benzene rings is 1. The molecule has 1 aromatic carbocycles. The van der Waals surface area contributed by atoms with Crippen molar-refractivity contribution in [3.05, 3.63) is 23.8 Å². The first kappa shape index (κ1) is 10.3. The maximum Gasteiger partial charge on any atom is 0.124 e. The number of methoxy groups -OCH3 is 1. The molecule has 0 spiro atoms. The van der Waals surface area contributed by atoms with Gasteiger partial charge in [-0.2, -0.15) is 0 Å². The van der Waals surface area contributed by atoms with Crippen LogP contribution in [0.1, 0.15) is 24.4 Å². The van der Waals surface area contributed by atoms with Crippen molar-refractivity contribution < 1.29 is 9.47 Å². The summed E-state index contributed by atoms with van der Waals surface area (Å²) in [5.41, 5.74) is 3.89. The molecule has 1 unspecified atom stereocenters. The van der Waals surface area contributed by atoms with Gasteiger partial charge in [0.25, 0.3) is 0 Å². The number of nitrogens with two attached hydrogens (primary N) is 1. The smallest absolute Gasteiger partial charge is 0.124 e. The number of ether oxygens (including phenoxy) is 2. The Hall–Kier alpha value is -1.26. The number of rotatable bonds is 2. The quantitative estimate of drug-likeness (QED) is 0.569. The number of hydrogen-bond donors (Lipinski definition) is 2. The molecule has 0 aliphatic carbocycles. The predicted octanol–water partition coefficient (Wildman–Crippen LogP) is 1.37. The van der Waals surface area contributed by atoms with E-state index in [9.17, 15) is 0 Å². The van der Waals surface area contributed by atoms with Gasteiger partial charge in [0, 0.05) is 11.6 Å². The highest BCUT2D eigenvalue weighted by Gasteiger charge is 2.19. The lowest BCUT2D eigenvalue weighted by atomic mass is 10.0. The number of nitrogens with one attached hydrogen (secondary N) is 1. The Balaban J connectivity index is 2.38. The minimum Gasteiger partial charge on any atom is -0.497 e. The van der Waals surface area contributed by atoms with Gasteiger partial charge in [-0.1, -0.05) is 0 Å². The van der Waals surface area contributed by atoms with Gasteiger partial charge in [-0.15, -0.1) is 0 Å². The predicted molar refractivity (Wildman–Crippen MR) is 57.8 cm³/mol. The van der Waals surface area contributed by atoms with E-state index < -0.39 is 0 Å². The summed E-state index contributed by atoms with van der Waals surface area (Å²) >= 11 is 0. The lowest BCUT2D eigenvalue weighted by Crippen LogP contribution is -2.27. The second-order valence-electron chi connectivity index (χ2n) is 3.61. The van der Waals surface area contributed by atoms with Crippen LogP contribution in [0.15, 0.2) is 18.2 Å². The zero-order valence-electron chi connectivity index (χ0n) is 8.82. The molecule has 4 nitrogen and oxygen atoms in total. The first-order valence-electron chi connectivity index (χ1n) is 5.12. The monoisotopic (exact) mass is 208 g/mol. The van der Waals surface area contributed by atoms with Crippen LogP contribution in [-0.2, 0) is 0 Å². The van der Waals surface area contributed by atoms with E-state index in [2.05, 4.69) is 5.43 Å². The van der Waals surface area contributed by atoms with Gasteiger partial charge in [-0.25, -0.2) is 0 Å². The molecule has 1 aliphatic rings. The van der Waals surface area contributed by atoms with Crippen molar-refractivity contribution in [2.24, 2.45) is 5.84 Å². The fourth-order valence-electron chi connectivity index (χ4n) is 1.86. The molecule has 2 rings (SSSR count). The lowest BCUT2D eigenvalue weighted by Gasteiger charge is -2.16. The molecule has 0 fully saturated rings. The van der Waals surface area contributed by atoms with E-state index in [1.54, 1.807) is 7.11 Å². The molecule has 0 radical (unpaired) electrons. The molecular formula is C11H16N2O2. The fourth-order valence-corrected chi connectivity index (χ4v) is 1.86. The number of hydrazine groups is 1. The molecule has 0 saturated carbocycles. The molecular weight excluding hydrogens is 192 g/mol. The average Bonchev–Trinajstić information content (AvgIpc) is 2.49. The van der Waals surface area contributed by atoms with Crippen molar-refractivity contribution >= 4 is 0 Å². The van der Waals surface area contributed by atoms with Gasteiger partial charge in [-0.05, 0) is 31.0 Å². The topological polar surface area (TPSA) is 56.5 Å². The van der Waals surface area contributed by atoms with Gasteiger partial charge in [0.2, 0.25) is 0 Å². The second kappa shape index (κ2) is 4.51. The highest BCUT2D eigenvalue weighted by molar-refractivity contribution is 5.42. The third-order valence-electron chi connectivity index (χ3n) is 2.69. The first-order chi connectivity index (χ1) is 7.35. The maximum atomic E-state index is 5.63. The van der Waals surface area contributed by atoms with Gasteiger partial charge in [-0.3, -0.25) is 11.3 Å². The number of fused-ring (bicyclic) bond motifs is 1. The van der Waals surface area contributed by atoms with Gasteiger partial charge in [0.1, 0.15) is 11.5 Å². The van der Waals surface area contributed by atoms with Crippen molar-refractivity contribution in [3.8, 4) is 11.5 Å². The molecule has 0 amide bonds. The Morgan fingerprint density at radius 2 is 2.40 bits per heavy atom. The van der Waals surface area contributed by atoms with Crippen molar-refractivity contribution in [1.82, 2.24) is 5.43 Å². The molecule has 15 heavy (non-hydrogen) atoms. The molecule has 1 aromatic rings. The molecule has 1 atom stereocenters. The third-order valence-corrected chi connectivity index (χ3v) is 2.69. The van der Waals surface area contributed by atoms with Crippen LogP contribution in [0.2, 0.25) is 0 Å².